The zero-order valence-corrected chi connectivity index (χ0v) is 8.41. The van der Waals surface area contributed by atoms with Gasteiger partial charge in [-0.25, -0.2) is 8.78 Å². The first-order chi connectivity index (χ1) is 3.13. The molecule has 0 saturated carbocycles. The average molecular weight is 165 g/mol. The number of halogens is 2. The van der Waals surface area contributed by atoms with Crippen LogP contribution in [0.4, 0.5) is 8.78 Å². The molecule has 43 valence electrons. The Hall–Kier alpha value is 1.52. The van der Waals surface area contributed by atoms with Gasteiger partial charge in [-0.3, -0.25) is 4.79 Å². The molecule has 8 heavy (non-hydrogen) atoms. The molecule has 0 N–H and O–H groups in total. The molecule has 0 aliphatic carbocycles. The zero-order chi connectivity index (χ0) is 5.86. The van der Waals surface area contributed by atoms with Crippen molar-refractivity contribution in [1.29, 1.82) is 0 Å². The predicted molar refractivity (Wildman–Crippen MR) is 30.4 cm³/mol. The minimum atomic E-state index is -2.55. The van der Waals surface area contributed by atoms with Crippen molar-refractivity contribution in [3.05, 3.63) is 0 Å². The van der Waals surface area contributed by atoms with Crippen LogP contribution in [0, 0.1) is 0 Å². The third-order valence-electron chi connectivity index (χ3n) is 0.329. The molecule has 0 amide bonds. The van der Waals surface area contributed by atoms with Crippen LogP contribution in [0.15, 0.2) is 0 Å². The maximum Gasteiger partial charge on any atom is 0.246 e. The minimum Gasteiger partial charge on any atom is -0.287 e. The molecule has 0 rings (SSSR count). The molecule has 0 aliphatic heterocycles. The Morgan fingerprint density at radius 3 is 2.00 bits per heavy atom. The van der Waals surface area contributed by atoms with E-state index in [0.717, 1.165) is 0 Å². The summed E-state index contributed by atoms with van der Waals surface area (Å²) >= 11 is 3.12. The van der Waals surface area contributed by atoms with Gasteiger partial charge in [-0.2, -0.15) is 0 Å². The van der Waals surface area contributed by atoms with Crippen LogP contribution < -0.4 is 0 Å². The van der Waals surface area contributed by atoms with Gasteiger partial charge < -0.3 is 0 Å². The molecule has 1 radical (unpaired) electrons. The van der Waals surface area contributed by atoms with Crippen molar-refractivity contribution >= 4 is 69.1 Å². The fraction of sp³-hybridized carbons (Fsp3) is 0.667. The monoisotopic (exact) mass is 165 g/mol. The molecule has 0 saturated heterocycles. The molecule has 0 aromatic carbocycles. The third kappa shape index (κ3) is 10.5. The summed E-state index contributed by atoms with van der Waals surface area (Å²) in [6, 6.07) is 0. The van der Waals surface area contributed by atoms with Crippen molar-refractivity contribution in [1.82, 2.24) is 0 Å². The van der Waals surface area contributed by atoms with Crippen molar-refractivity contribution in [2.75, 3.05) is 0 Å². The van der Waals surface area contributed by atoms with Crippen molar-refractivity contribution < 1.29 is 13.6 Å². The normalized spacial score (nSPS) is 8.50. The van der Waals surface area contributed by atoms with Crippen LogP contribution >= 0.6 is 12.6 Å². The molecule has 0 fully saturated rings. The van der Waals surface area contributed by atoms with E-state index in [4.69, 9.17) is 0 Å². The zero-order valence-electron chi connectivity index (χ0n) is 4.40. The van der Waals surface area contributed by atoms with Gasteiger partial charge in [0.05, 0.1) is 6.42 Å². The van der Waals surface area contributed by atoms with E-state index in [0.29, 0.717) is 0 Å². The van der Waals surface area contributed by atoms with E-state index < -0.39 is 18.0 Å². The Morgan fingerprint density at radius 1 is 1.62 bits per heavy atom. The molecule has 0 spiro atoms. The fourth-order valence-corrected chi connectivity index (χ4v) is 0.270. The van der Waals surface area contributed by atoms with Crippen molar-refractivity contribution in [2.45, 2.75) is 12.8 Å². The second-order valence-electron chi connectivity index (χ2n) is 0.989. The van der Waals surface area contributed by atoms with E-state index >= 15 is 0 Å². The maximum atomic E-state index is 11.0. The van der Waals surface area contributed by atoms with E-state index in [-0.39, 0.29) is 51.4 Å². The standard InChI is InChI=1S/C3H4F2OS.K/c4-2(5)1-3(6)7;/h2H,1H2,(H,6,7);. The molecule has 1 nitrogen and oxygen atoms in total. The molecule has 0 aromatic rings. The van der Waals surface area contributed by atoms with Crippen LogP contribution in [0.2, 0.25) is 0 Å². The fourth-order valence-electron chi connectivity index (χ4n) is 0.132. The van der Waals surface area contributed by atoms with E-state index in [9.17, 15) is 13.6 Å². The minimum absolute atomic E-state index is 0. The molecule has 0 aliphatic rings. The van der Waals surface area contributed by atoms with Gasteiger partial charge in [-0.05, 0) is 0 Å². The molecule has 0 unspecified atom stereocenters. The Morgan fingerprint density at radius 2 is 2.00 bits per heavy atom. The summed E-state index contributed by atoms with van der Waals surface area (Å²) in [5, 5.41) is -0.769. The average Bonchev–Trinajstić information content (AvgIpc) is 1.27. The Bertz CT molecular complexity index is 77.7. The van der Waals surface area contributed by atoms with Gasteiger partial charge in [0.1, 0.15) is 0 Å². The van der Waals surface area contributed by atoms with Gasteiger partial charge in [0.15, 0.2) is 5.12 Å². The smallest absolute Gasteiger partial charge is 0.246 e. The van der Waals surface area contributed by atoms with Crippen LogP contribution in [0.3, 0.4) is 0 Å². The summed E-state index contributed by atoms with van der Waals surface area (Å²) in [5.41, 5.74) is 0. The van der Waals surface area contributed by atoms with Gasteiger partial charge >= 0.3 is 0 Å². The van der Waals surface area contributed by atoms with Crippen LogP contribution in [0.1, 0.15) is 6.42 Å². The second-order valence-corrected chi connectivity index (χ2v) is 1.49. The third-order valence-corrected chi connectivity index (χ3v) is 0.511. The van der Waals surface area contributed by atoms with Gasteiger partial charge in [0, 0.05) is 51.4 Å². The van der Waals surface area contributed by atoms with Crippen LogP contribution in [0.5, 0.6) is 0 Å². The van der Waals surface area contributed by atoms with Crippen LogP contribution in [-0.2, 0) is 4.79 Å². The number of carbonyl (C=O) groups is 1. The van der Waals surface area contributed by atoms with Crippen molar-refractivity contribution in [2.24, 2.45) is 0 Å². The summed E-state index contributed by atoms with van der Waals surface area (Å²) < 4.78 is 22.0. The van der Waals surface area contributed by atoms with E-state index in [2.05, 4.69) is 12.6 Å². The molecule has 0 bridgehead atoms. The summed E-state index contributed by atoms with van der Waals surface area (Å²) in [5.74, 6) is 0. The molecule has 0 heterocycles. The quantitative estimate of drug-likeness (QED) is 0.471. The largest absolute Gasteiger partial charge is 0.287 e. The summed E-state index contributed by atoms with van der Waals surface area (Å²) in [6.07, 6.45) is -3.30. The summed E-state index contributed by atoms with van der Waals surface area (Å²) in [6.45, 7) is 0. The van der Waals surface area contributed by atoms with Gasteiger partial charge in [0.2, 0.25) is 6.43 Å². The second kappa shape index (κ2) is 6.63. The molecule has 0 aromatic heterocycles. The van der Waals surface area contributed by atoms with E-state index in [1.807, 2.05) is 0 Å². The first-order valence-electron chi connectivity index (χ1n) is 1.63. The van der Waals surface area contributed by atoms with Crippen LogP contribution in [-0.4, -0.2) is 62.9 Å². The first kappa shape index (κ1) is 12.2. The number of hydrogen-bond acceptors (Lipinski definition) is 1. The SMILES string of the molecule is O=C(S)CC(F)F.[K]. The number of thiol groups is 1. The number of hydrogen-bond donors (Lipinski definition) is 1. The Labute approximate surface area is 94.0 Å². The number of rotatable bonds is 2. The molecular formula is C3H4F2KOS. The molecular weight excluding hydrogens is 161 g/mol. The molecule has 0 atom stereocenters. The Balaban J connectivity index is 0. The van der Waals surface area contributed by atoms with Gasteiger partial charge in [-0.15, -0.1) is 12.6 Å². The topological polar surface area (TPSA) is 17.1 Å². The van der Waals surface area contributed by atoms with Crippen LogP contribution in [0.25, 0.3) is 0 Å². The number of carbonyl (C=O) groups excluding carboxylic acids is 1. The Kier molecular flexibility index (Phi) is 10.1. The first-order valence-corrected chi connectivity index (χ1v) is 2.07. The van der Waals surface area contributed by atoms with Gasteiger partial charge in [-0.1, -0.05) is 0 Å². The van der Waals surface area contributed by atoms with Crippen molar-refractivity contribution in [3.8, 4) is 0 Å². The van der Waals surface area contributed by atoms with E-state index in [1.165, 1.54) is 0 Å². The van der Waals surface area contributed by atoms with E-state index in [1.54, 1.807) is 0 Å². The summed E-state index contributed by atoms with van der Waals surface area (Å²) in [7, 11) is 0. The predicted octanol–water partition coefficient (Wildman–Crippen LogP) is 0.717. The maximum absolute atomic E-state index is 11.0. The molecule has 5 heteroatoms. The van der Waals surface area contributed by atoms with Gasteiger partial charge in [0.25, 0.3) is 0 Å². The number of alkyl halides is 2. The van der Waals surface area contributed by atoms with Crippen molar-refractivity contribution in [3.63, 3.8) is 0 Å². The summed E-state index contributed by atoms with van der Waals surface area (Å²) in [4.78, 5) is 9.64.